The number of halogens is 2. The standard InChI is InChI=1S/C18H18F2N2O2/c1-11-4-3-5-13(8-11)18(10-23-17(21)22-18)15-7-6-14(9-12(15)2)24-16(19)20/h3-9,16H,10H2,1-2H3,(H2,21,22). The van der Waals surface area contributed by atoms with Gasteiger partial charge in [0.05, 0.1) is 0 Å². The van der Waals surface area contributed by atoms with Crippen molar-refractivity contribution in [1.82, 2.24) is 0 Å². The van der Waals surface area contributed by atoms with Crippen molar-refractivity contribution >= 4 is 6.02 Å². The van der Waals surface area contributed by atoms with E-state index in [-0.39, 0.29) is 18.4 Å². The Hall–Kier alpha value is -2.63. The third kappa shape index (κ3) is 2.91. The third-order valence-corrected chi connectivity index (χ3v) is 4.09. The summed E-state index contributed by atoms with van der Waals surface area (Å²) in [4.78, 5) is 4.54. The van der Waals surface area contributed by atoms with Crippen LogP contribution in [0.15, 0.2) is 47.5 Å². The van der Waals surface area contributed by atoms with E-state index in [4.69, 9.17) is 10.5 Å². The molecule has 0 radical (unpaired) electrons. The third-order valence-electron chi connectivity index (χ3n) is 4.09. The lowest BCUT2D eigenvalue weighted by Crippen LogP contribution is -2.28. The van der Waals surface area contributed by atoms with Crippen LogP contribution in [0, 0.1) is 13.8 Å². The van der Waals surface area contributed by atoms with Crippen LogP contribution in [-0.2, 0) is 10.3 Å². The smallest absolute Gasteiger partial charge is 0.387 e. The average molecular weight is 332 g/mol. The van der Waals surface area contributed by atoms with E-state index in [1.165, 1.54) is 6.07 Å². The Kier molecular flexibility index (Phi) is 4.13. The minimum atomic E-state index is -2.86. The van der Waals surface area contributed by atoms with Gasteiger partial charge in [-0.1, -0.05) is 35.9 Å². The summed E-state index contributed by atoms with van der Waals surface area (Å²) in [5, 5.41) is 0. The zero-order valence-corrected chi connectivity index (χ0v) is 13.4. The molecule has 1 heterocycles. The molecule has 0 spiro atoms. The Labute approximate surface area is 138 Å². The molecule has 1 unspecified atom stereocenters. The maximum Gasteiger partial charge on any atom is 0.387 e. The maximum atomic E-state index is 12.4. The summed E-state index contributed by atoms with van der Waals surface area (Å²) in [6.07, 6.45) is 0. The number of nitrogens with two attached hydrogens (primary N) is 1. The molecule has 2 aromatic rings. The van der Waals surface area contributed by atoms with Crippen LogP contribution in [0.1, 0.15) is 22.3 Å². The number of benzene rings is 2. The van der Waals surface area contributed by atoms with E-state index in [1.54, 1.807) is 12.1 Å². The molecule has 0 saturated heterocycles. The monoisotopic (exact) mass is 332 g/mol. The number of amidine groups is 1. The molecular weight excluding hydrogens is 314 g/mol. The summed E-state index contributed by atoms with van der Waals surface area (Å²) in [7, 11) is 0. The highest BCUT2D eigenvalue weighted by Crippen LogP contribution is 2.40. The molecule has 0 fully saturated rings. The number of hydrogen-bond acceptors (Lipinski definition) is 4. The van der Waals surface area contributed by atoms with E-state index < -0.39 is 12.2 Å². The minimum absolute atomic E-state index is 0.113. The second-order valence-electron chi connectivity index (χ2n) is 5.82. The van der Waals surface area contributed by atoms with Gasteiger partial charge in [-0.05, 0) is 42.7 Å². The van der Waals surface area contributed by atoms with Gasteiger partial charge in [-0.2, -0.15) is 8.78 Å². The van der Waals surface area contributed by atoms with Crippen LogP contribution in [0.25, 0.3) is 0 Å². The molecule has 126 valence electrons. The van der Waals surface area contributed by atoms with E-state index in [0.717, 1.165) is 22.3 Å². The van der Waals surface area contributed by atoms with E-state index >= 15 is 0 Å². The fourth-order valence-corrected chi connectivity index (χ4v) is 3.05. The van der Waals surface area contributed by atoms with Crippen molar-refractivity contribution in [1.29, 1.82) is 0 Å². The molecule has 0 aromatic heterocycles. The molecule has 24 heavy (non-hydrogen) atoms. The zero-order chi connectivity index (χ0) is 17.3. The number of rotatable bonds is 4. The topological polar surface area (TPSA) is 56.8 Å². The predicted octanol–water partition coefficient (Wildman–Crippen LogP) is 3.49. The zero-order valence-electron chi connectivity index (χ0n) is 13.4. The SMILES string of the molecule is Cc1cccc(C2(c3ccc(OC(F)F)cc3C)COC(N)=N2)c1. The van der Waals surface area contributed by atoms with Crippen molar-refractivity contribution in [2.75, 3.05) is 6.61 Å². The van der Waals surface area contributed by atoms with Gasteiger partial charge in [-0.3, -0.25) is 0 Å². The Morgan fingerprint density at radius 2 is 2.00 bits per heavy atom. The highest BCUT2D eigenvalue weighted by molar-refractivity contribution is 5.75. The molecular formula is C18H18F2N2O2. The summed E-state index contributed by atoms with van der Waals surface area (Å²) < 4.78 is 34.7. The van der Waals surface area contributed by atoms with E-state index in [2.05, 4.69) is 9.73 Å². The van der Waals surface area contributed by atoms with Gasteiger partial charge in [-0.15, -0.1) is 0 Å². The minimum Gasteiger partial charge on any atom is -0.462 e. The van der Waals surface area contributed by atoms with Gasteiger partial charge in [0.2, 0.25) is 0 Å². The lowest BCUT2D eigenvalue weighted by molar-refractivity contribution is -0.0498. The fraction of sp³-hybridized carbons (Fsp3) is 0.278. The van der Waals surface area contributed by atoms with Crippen molar-refractivity contribution in [2.45, 2.75) is 26.0 Å². The molecule has 0 amide bonds. The molecule has 3 rings (SSSR count). The number of ether oxygens (including phenoxy) is 2. The van der Waals surface area contributed by atoms with Gasteiger partial charge >= 0.3 is 6.61 Å². The molecule has 1 aliphatic rings. The van der Waals surface area contributed by atoms with Crippen LogP contribution >= 0.6 is 0 Å². The van der Waals surface area contributed by atoms with E-state index in [9.17, 15) is 8.78 Å². The normalized spacial score (nSPS) is 20.0. The summed E-state index contributed by atoms with van der Waals surface area (Å²) in [5.74, 6) is 0.113. The van der Waals surface area contributed by atoms with Crippen molar-refractivity contribution < 1.29 is 18.3 Å². The van der Waals surface area contributed by atoms with E-state index in [1.807, 2.05) is 38.1 Å². The van der Waals surface area contributed by atoms with Gasteiger partial charge in [0, 0.05) is 0 Å². The Bertz CT molecular complexity index is 792. The molecule has 6 heteroatoms. The van der Waals surface area contributed by atoms with Crippen molar-refractivity contribution in [2.24, 2.45) is 10.7 Å². The number of aryl methyl sites for hydroxylation is 2. The molecule has 0 bridgehead atoms. The lowest BCUT2D eigenvalue weighted by atomic mass is 9.81. The number of hydrogen-bond donors (Lipinski definition) is 1. The van der Waals surface area contributed by atoms with Crippen molar-refractivity contribution in [3.05, 3.63) is 64.7 Å². The molecule has 4 nitrogen and oxygen atoms in total. The lowest BCUT2D eigenvalue weighted by Gasteiger charge is -2.27. The number of aliphatic imine (C=N–C) groups is 1. The van der Waals surface area contributed by atoms with Crippen molar-refractivity contribution in [3.8, 4) is 5.75 Å². The van der Waals surface area contributed by atoms with E-state index in [0.29, 0.717) is 0 Å². The molecule has 1 atom stereocenters. The van der Waals surface area contributed by atoms with Crippen molar-refractivity contribution in [3.63, 3.8) is 0 Å². The molecule has 1 aliphatic heterocycles. The molecule has 2 aromatic carbocycles. The highest BCUT2D eigenvalue weighted by Gasteiger charge is 2.41. The van der Waals surface area contributed by atoms with Crippen LogP contribution in [0.4, 0.5) is 8.78 Å². The highest BCUT2D eigenvalue weighted by atomic mass is 19.3. The first-order valence-corrected chi connectivity index (χ1v) is 7.52. The van der Waals surface area contributed by atoms with Gasteiger partial charge in [0.1, 0.15) is 12.4 Å². The summed E-state index contributed by atoms with van der Waals surface area (Å²) in [6, 6.07) is 12.9. The fourth-order valence-electron chi connectivity index (χ4n) is 3.05. The molecule has 0 aliphatic carbocycles. The second-order valence-corrected chi connectivity index (χ2v) is 5.82. The quantitative estimate of drug-likeness (QED) is 0.932. The van der Waals surface area contributed by atoms with Gasteiger partial charge < -0.3 is 15.2 Å². The van der Waals surface area contributed by atoms with Gasteiger partial charge in [0.25, 0.3) is 6.02 Å². The van der Waals surface area contributed by atoms with Gasteiger partial charge in [-0.25, -0.2) is 4.99 Å². The summed E-state index contributed by atoms with van der Waals surface area (Å²) in [6.45, 7) is 1.23. The second kappa shape index (κ2) is 6.11. The van der Waals surface area contributed by atoms with Crippen LogP contribution in [0.3, 0.4) is 0 Å². The van der Waals surface area contributed by atoms with Gasteiger partial charge in [0.15, 0.2) is 5.54 Å². The first-order valence-electron chi connectivity index (χ1n) is 7.52. The van der Waals surface area contributed by atoms with Crippen LogP contribution in [0.5, 0.6) is 5.75 Å². The predicted molar refractivity (Wildman–Crippen MR) is 87.3 cm³/mol. The largest absolute Gasteiger partial charge is 0.462 e. The molecule has 0 saturated carbocycles. The average Bonchev–Trinajstić information content (AvgIpc) is 2.90. The number of alkyl halides is 2. The molecule has 2 N–H and O–H groups in total. The van der Waals surface area contributed by atoms with Crippen LogP contribution in [-0.4, -0.2) is 19.2 Å². The Balaban J connectivity index is 2.11. The Morgan fingerprint density at radius 1 is 1.21 bits per heavy atom. The van der Waals surface area contributed by atoms with Crippen LogP contribution < -0.4 is 10.5 Å². The first kappa shape index (κ1) is 16.2. The van der Waals surface area contributed by atoms with Crippen LogP contribution in [0.2, 0.25) is 0 Å². The maximum absolute atomic E-state index is 12.4. The summed E-state index contributed by atoms with van der Waals surface area (Å²) >= 11 is 0. The first-order chi connectivity index (χ1) is 11.4. The number of nitrogens with zero attached hydrogens (tertiary/aromatic N) is 1. The summed E-state index contributed by atoms with van der Waals surface area (Å²) in [5.41, 5.74) is 8.63. The Morgan fingerprint density at radius 3 is 2.58 bits per heavy atom.